The Balaban J connectivity index is 1.41. The molecule has 158 valence electrons. The van der Waals surface area contributed by atoms with E-state index in [1.54, 1.807) is 6.92 Å². The highest BCUT2D eigenvalue weighted by Gasteiger charge is 2.23. The van der Waals surface area contributed by atoms with Gasteiger partial charge in [0.25, 0.3) is 0 Å². The number of piperazine rings is 1. The first-order valence-corrected chi connectivity index (χ1v) is 10.4. The molecule has 1 amide bonds. The summed E-state index contributed by atoms with van der Waals surface area (Å²) >= 11 is 0. The molecule has 0 spiro atoms. The first kappa shape index (κ1) is 19.4. The van der Waals surface area contributed by atoms with Crippen LogP contribution in [0.15, 0.2) is 47.0 Å². The summed E-state index contributed by atoms with van der Waals surface area (Å²) in [6.07, 6.45) is 1.87. The van der Waals surface area contributed by atoms with Gasteiger partial charge in [-0.2, -0.15) is 0 Å². The third kappa shape index (κ3) is 3.70. The Kier molecular flexibility index (Phi) is 4.78. The fraction of sp³-hybridized carbons (Fsp3) is 0.304. The minimum Gasteiger partial charge on any atom is -0.441 e. The van der Waals surface area contributed by atoms with Crippen LogP contribution in [0.3, 0.4) is 0 Å². The van der Waals surface area contributed by atoms with Gasteiger partial charge in [-0.3, -0.25) is 9.78 Å². The van der Waals surface area contributed by atoms with Crippen LogP contribution in [0.4, 0.5) is 5.69 Å². The molecule has 4 aromatic rings. The molecule has 3 aromatic heterocycles. The van der Waals surface area contributed by atoms with Gasteiger partial charge in [0.2, 0.25) is 5.91 Å². The van der Waals surface area contributed by atoms with Crippen molar-refractivity contribution in [2.45, 2.75) is 19.9 Å². The van der Waals surface area contributed by atoms with Crippen LogP contribution in [0.25, 0.3) is 33.4 Å². The maximum atomic E-state index is 12.1. The molecule has 5 rings (SSSR count). The standard InChI is InChI=1S/C23H24N6O2/c1-14(24)23(30)29-9-7-28(8-10-29)17-12-20-19(25-13-17)5-4-18(27-20)16-3-6-22-21(11-16)26-15(2)31-22/h3-6,11-14H,7-10,24H2,1-2H3/t14-/m0/s1. The van der Waals surface area contributed by atoms with Crippen LogP contribution in [0.2, 0.25) is 0 Å². The number of carbonyl (C=O) groups is 1. The molecular weight excluding hydrogens is 392 g/mol. The van der Waals surface area contributed by atoms with Gasteiger partial charge in [0.1, 0.15) is 5.52 Å². The third-order valence-corrected chi connectivity index (χ3v) is 5.66. The summed E-state index contributed by atoms with van der Waals surface area (Å²) in [4.78, 5) is 30.0. The van der Waals surface area contributed by atoms with Crippen molar-refractivity contribution < 1.29 is 9.21 Å². The molecule has 4 heterocycles. The third-order valence-electron chi connectivity index (χ3n) is 5.66. The monoisotopic (exact) mass is 416 g/mol. The number of aromatic nitrogens is 3. The minimum atomic E-state index is -0.461. The van der Waals surface area contributed by atoms with E-state index in [0.717, 1.165) is 52.2 Å². The molecule has 1 aliphatic rings. The van der Waals surface area contributed by atoms with E-state index in [9.17, 15) is 4.79 Å². The van der Waals surface area contributed by atoms with E-state index in [0.29, 0.717) is 19.0 Å². The number of benzene rings is 1. The van der Waals surface area contributed by atoms with Crippen LogP contribution in [0.1, 0.15) is 12.8 Å². The number of anilines is 1. The highest BCUT2D eigenvalue weighted by Crippen LogP contribution is 2.26. The van der Waals surface area contributed by atoms with Crippen LogP contribution >= 0.6 is 0 Å². The van der Waals surface area contributed by atoms with E-state index in [4.69, 9.17) is 15.1 Å². The summed E-state index contributed by atoms with van der Waals surface area (Å²) in [5, 5.41) is 0. The summed E-state index contributed by atoms with van der Waals surface area (Å²) in [7, 11) is 0. The lowest BCUT2D eigenvalue weighted by molar-refractivity contribution is -0.132. The number of carbonyl (C=O) groups excluding carboxylic acids is 1. The van der Waals surface area contributed by atoms with Crippen LogP contribution in [0, 0.1) is 6.92 Å². The predicted molar refractivity (Wildman–Crippen MR) is 120 cm³/mol. The Morgan fingerprint density at radius 1 is 1.03 bits per heavy atom. The van der Waals surface area contributed by atoms with Gasteiger partial charge in [0.15, 0.2) is 11.5 Å². The van der Waals surface area contributed by atoms with E-state index in [1.807, 2.05) is 48.4 Å². The molecule has 1 saturated heterocycles. The zero-order valence-electron chi connectivity index (χ0n) is 17.6. The number of nitrogens with zero attached hydrogens (tertiary/aromatic N) is 5. The highest BCUT2D eigenvalue weighted by atomic mass is 16.3. The molecule has 8 nitrogen and oxygen atoms in total. The van der Waals surface area contributed by atoms with Gasteiger partial charge in [0, 0.05) is 38.7 Å². The second-order valence-electron chi connectivity index (χ2n) is 7.94. The van der Waals surface area contributed by atoms with Gasteiger partial charge < -0.3 is 20.0 Å². The lowest BCUT2D eigenvalue weighted by Gasteiger charge is -2.36. The van der Waals surface area contributed by atoms with Crippen molar-refractivity contribution in [3.8, 4) is 11.3 Å². The van der Waals surface area contributed by atoms with Gasteiger partial charge in [-0.25, -0.2) is 9.97 Å². The molecule has 0 bridgehead atoms. The lowest BCUT2D eigenvalue weighted by atomic mass is 10.1. The quantitative estimate of drug-likeness (QED) is 0.548. The molecule has 1 aromatic carbocycles. The van der Waals surface area contributed by atoms with E-state index >= 15 is 0 Å². The van der Waals surface area contributed by atoms with Crippen molar-refractivity contribution >= 4 is 33.7 Å². The Hall–Kier alpha value is -3.52. The van der Waals surface area contributed by atoms with Gasteiger partial charge in [-0.1, -0.05) is 0 Å². The number of hydrogen-bond acceptors (Lipinski definition) is 7. The molecule has 8 heteroatoms. The van der Waals surface area contributed by atoms with Crippen LogP contribution < -0.4 is 10.6 Å². The molecule has 31 heavy (non-hydrogen) atoms. The molecule has 1 aliphatic heterocycles. The number of amides is 1. The Bertz CT molecular complexity index is 1270. The summed E-state index contributed by atoms with van der Waals surface area (Å²) in [6.45, 7) is 6.37. The van der Waals surface area contributed by atoms with Crippen LogP contribution in [-0.4, -0.2) is 58.0 Å². The van der Waals surface area contributed by atoms with E-state index in [1.165, 1.54) is 0 Å². The summed E-state index contributed by atoms with van der Waals surface area (Å²) in [6, 6.07) is 11.5. The first-order valence-electron chi connectivity index (χ1n) is 10.4. The van der Waals surface area contributed by atoms with E-state index in [2.05, 4.69) is 20.9 Å². The normalized spacial score (nSPS) is 15.6. The van der Waals surface area contributed by atoms with Crippen molar-refractivity contribution in [2.75, 3.05) is 31.1 Å². The SMILES string of the molecule is Cc1nc2cc(-c3ccc4ncc(N5CCN(C(=O)[C@H](C)N)CC5)cc4n3)ccc2o1. The van der Waals surface area contributed by atoms with Crippen molar-refractivity contribution in [3.05, 3.63) is 48.5 Å². The molecule has 2 N–H and O–H groups in total. The Labute approximate surface area is 179 Å². The van der Waals surface area contributed by atoms with Crippen molar-refractivity contribution in [1.82, 2.24) is 19.9 Å². The number of nitrogens with two attached hydrogens (primary N) is 1. The Morgan fingerprint density at radius 2 is 1.84 bits per heavy atom. The van der Waals surface area contributed by atoms with Crippen molar-refractivity contribution in [3.63, 3.8) is 0 Å². The van der Waals surface area contributed by atoms with Crippen molar-refractivity contribution in [2.24, 2.45) is 5.73 Å². The average molecular weight is 416 g/mol. The highest BCUT2D eigenvalue weighted by molar-refractivity contribution is 5.84. The van der Waals surface area contributed by atoms with Crippen LogP contribution in [-0.2, 0) is 4.79 Å². The zero-order chi connectivity index (χ0) is 21.5. The molecule has 0 saturated carbocycles. The summed E-state index contributed by atoms with van der Waals surface area (Å²) in [5.74, 6) is 0.650. The number of hydrogen-bond donors (Lipinski definition) is 1. The average Bonchev–Trinajstić information content (AvgIpc) is 3.17. The zero-order valence-corrected chi connectivity index (χ0v) is 17.6. The second kappa shape index (κ2) is 7.63. The smallest absolute Gasteiger partial charge is 0.239 e. The number of fused-ring (bicyclic) bond motifs is 2. The molecule has 1 fully saturated rings. The predicted octanol–water partition coefficient (Wildman–Crippen LogP) is 2.74. The topological polar surface area (TPSA) is 101 Å². The van der Waals surface area contributed by atoms with Gasteiger partial charge in [-0.15, -0.1) is 0 Å². The molecule has 0 aliphatic carbocycles. The van der Waals surface area contributed by atoms with Gasteiger partial charge in [0.05, 0.1) is 34.7 Å². The summed E-state index contributed by atoms with van der Waals surface area (Å²) in [5.41, 5.74) is 11.9. The second-order valence-corrected chi connectivity index (χ2v) is 7.94. The fourth-order valence-electron chi connectivity index (χ4n) is 4.00. The fourth-order valence-corrected chi connectivity index (χ4v) is 4.00. The molecule has 0 radical (unpaired) electrons. The van der Waals surface area contributed by atoms with E-state index in [-0.39, 0.29) is 5.91 Å². The summed E-state index contributed by atoms with van der Waals surface area (Å²) < 4.78 is 5.57. The van der Waals surface area contributed by atoms with Crippen molar-refractivity contribution in [1.29, 1.82) is 0 Å². The molecule has 0 unspecified atom stereocenters. The molecule has 1 atom stereocenters. The largest absolute Gasteiger partial charge is 0.441 e. The maximum absolute atomic E-state index is 12.1. The van der Waals surface area contributed by atoms with E-state index < -0.39 is 6.04 Å². The lowest BCUT2D eigenvalue weighted by Crippen LogP contribution is -2.52. The number of pyridine rings is 2. The molecular formula is C23H24N6O2. The van der Waals surface area contributed by atoms with Crippen LogP contribution in [0.5, 0.6) is 0 Å². The number of oxazole rings is 1. The number of aryl methyl sites for hydroxylation is 1. The first-order chi connectivity index (χ1) is 15.0. The maximum Gasteiger partial charge on any atom is 0.239 e. The minimum absolute atomic E-state index is 0.00173. The Morgan fingerprint density at radius 3 is 2.61 bits per heavy atom. The van der Waals surface area contributed by atoms with Gasteiger partial charge in [-0.05, 0) is 43.3 Å². The number of rotatable bonds is 3. The van der Waals surface area contributed by atoms with Gasteiger partial charge >= 0.3 is 0 Å².